The molecule has 0 atom stereocenters. The van der Waals surface area contributed by atoms with Gasteiger partial charge in [-0.3, -0.25) is 0 Å². The first-order valence-corrected chi connectivity index (χ1v) is 2.95. The minimum Gasteiger partial charge on any atom is -1.00 e. The predicted molar refractivity (Wildman–Crippen MR) is 35.8 cm³/mol. The normalized spacial score (nSPS) is 8.50. The van der Waals surface area contributed by atoms with Gasteiger partial charge in [0, 0.05) is 0 Å². The number of imidazole rings is 1. The molecule has 0 radical (unpaired) electrons. The third-order valence-electron chi connectivity index (χ3n) is 1.16. The first kappa shape index (κ1) is 9.68. The summed E-state index contributed by atoms with van der Waals surface area (Å²) < 4.78 is 4.07. The van der Waals surface area contributed by atoms with Crippen molar-refractivity contribution < 1.29 is 28.5 Å². The molecule has 0 fully saturated rings. The van der Waals surface area contributed by atoms with Gasteiger partial charge in [-0.15, -0.1) is 0 Å². The summed E-state index contributed by atoms with van der Waals surface area (Å²) in [4.78, 5) is 0. The number of halogens is 1. The Hall–Kier alpha value is -0.320. The van der Waals surface area contributed by atoms with Crippen LogP contribution in [0, 0.1) is 0 Å². The molecule has 0 bridgehead atoms. The molecular formula is C7H11IN2. The highest BCUT2D eigenvalue weighted by Crippen LogP contribution is 1.81. The first-order valence-electron chi connectivity index (χ1n) is 2.95. The SMILES string of the molecule is C=CCn1cc[n+](C)c1.[I-]. The quantitative estimate of drug-likeness (QED) is 0.312. The molecule has 0 spiro atoms. The molecule has 0 N–H and O–H groups in total. The Morgan fingerprint density at radius 1 is 1.70 bits per heavy atom. The summed E-state index contributed by atoms with van der Waals surface area (Å²) in [6.45, 7) is 4.52. The van der Waals surface area contributed by atoms with Crippen LogP contribution in [0.5, 0.6) is 0 Å². The monoisotopic (exact) mass is 250 g/mol. The van der Waals surface area contributed by atoms with Crippen molar-refractivity contribution in [1.82, 2.24) is 4.57 Å². The lowest BCUT2D eigenvalue weighted by Crippen LogP contribution is -3.00. The molecule has 0 aromatic carbocycles. The fourth-order valence-electron chi connectivity index (χ4n) is 0.759. The van der Waals surface area contributed by atoms with Gasteiger partial charge in [-0.1, -0.05) is 12.7 Å². The number of rotatable bonds is 2. The van der Waals surface area contributed by atoms with E-state index in [4.69, 9.17) is 0 Å². The van der Waals surface area contributed by atoms with E-state index in [0.29, 0.717) is 0 Å². The van der Waals surface area contributed by atoms with Crippen molar-refractivity contribution in [2.24, 2.45) is 7.05 Å². The standard InChI is InChI=1S/C7H11N2.HI/c1-3-4-9-6-5-8(2)7-9;/h3,5-7H,1,4H2,2H3;1H/q+1;/p-1. The Balaban J connectivity index is 0.000000810. The number of hydrogen-bond acceptors (Lipinski definition) is 0. The van der Waals surface area contributed by atoms with Gasteiger partial charge in [0.25, 0.3) is 0 Å². The highest BCUT2D eigenvalue weighted by Gasteiger charge is 1.93. The van der Waals surface area contributed by atoms with E-state index in [1.165, 1.54) is 0 Å². The van der Waals surface area contributed by atoms with Crippen molar-refractivity contribution >= 4 is 0 Å². The van der Waals surface area contributed by atoms with Crippen molar-refractivity contribution in [3.63, 3.8) is 0 Å². The van der Waals surface area contributed by atoms with Crippen LogP contribution in [-0.4, -0.2) is 4.57 Å². The van der Waals surface area contributed by atoms with Crippen LogP contribution in [-0.2, 0) is 13.6 Å². The molecule has 1 aromatic heterocycles. The van der Waals surface area contributed by atoms with Crippen molar-refractivity contribution in [1.29, 1.82) is 0 Å². The number of aromatic nitrogens is 2. The van der Waals surface area contributed by atoms with Gasteiger partial charge in [-0.2, -0.15) is 0 Å². The molecule has 1 aromatic rings. The van der Waals surface area contributed by atoms with E-state index < -0.39 is 0 Å². The van der Waals surface area contributed by atoms with Crippen LogP contribution in [0.3, 0.4) is 0 Å². The van der Waals surface area contributed by atoms with E-state index in [2.05, 4.69) is 11.1 Å². The Kier molecular flexibility index (Phi) is 4.34. The zero-order valence-corrected chi connectivity index (χ0v) is 8.15. The topological polar surface area (TPSA) is 8.81 Å². The Morgan fingerprint density at radius 2 is 2.40 bits per heavy atom. The van der Waals surface area contributed by atoms with Crippen molar-refractivity contribution in [2.75, 3.05) is 0 Å². The van der Waals surface area contributed by atoms with Crippen LogP contribution < -0.4 is 28.5 Å². The van der Waals surface area contributed by atoms with Crippen molar-refractivity contribution in [3.05, 3.63) is 31.4 Å². The molecule has 0 saturated heterocycles. The second-order valence-electron chi connectivity index (χ2n) is 2.06. The van der Waals surface area contributed by atoms with E-state index in [-0.39, 0.29) is 24.0 Å². The molecule has 0 amide bonds. The fourth-order valence-corrected chi connectivity index (χ4v) is 0.759. The maximum atomic E-state index is 3.64. The van der Waals surface area contributed by atoms with Crippen LogP contribution in [0.25, 0.3) is 0 Å². The van der Waals surface area contributed by atoms with E-state index >= 15 is 0 Å². The molecule has 0 aliphatic rings. The third-order valence-corrected chi connectivity index (χ3v) is 1.16. The van der Waals surface area contributed by atoms with Gasteiger partial charge in [0.1, 0.15) is 18.9 Å². The van der Waals surface area contributed by atoms with Gasteiger partial charge >= 0.3 is 0 Å². The maximum absolute atomic E-state index is 3.64. The summed E-state index contributed by atoms with van der Waals surface area (Å²) in [5.74, 6) is 0. The van der Waals surface area contributed by atoms with Crippen LogP contribution in [0.1, 0.15) is 0 Å². The zero-order valence-electron chi connectivity index (χ0n) is 6.00. The number of hydrogen-bond donors (Lipinski definition) is 0. The average molecular weight is 250 g/mol. The van der Waals surface area contributed by atoms with Crippen LogP contribution >= 0.6 is 0 Å². The Morgan fingerprint density at radius 3 is 2.80 bits per heavy atom. The van der Waals surface area contributed by atoms with E-state index in [1.807, 2.05) is 36.4 Å². The smallest absolute Gasteiger partial charge is 0.243 e. The second kappa shape index (κ2) is 4.49. The molecule has 0 aliphatic carbocycles. The van der Waals surface area contributed by atoms with Gasteiger partial charge in [0.2, 0.25) is 6.33 Å². The maximum Gasteiger partial charge on any atom is 0.243 e. The summed E-state index contributed by atoms with van der Waals surface area (Å²) in [6, 6.07) is 0. The van der Waals surface area contributed by atoms with Crippen molar-refractivity contribution in [3.8, 4) is 0 Å². The van der Waals surface area contributed by atoms with E-state index in [9.17, 15) is 0 Å². The summed E-state index contributed by atoms with van der Waals surface area (Å²) in [5, 5.41) is 0. The largest absolute Gasteiger partial charge is 1.00 e. The molecule has 10 heavy (non-hydrogen) atoms. The van der Waals surface area contributed by atoms with Gasteiger partial charge < -0.3 is 24.0 Å². The van der Waals surface area contributed by atoms with Crippen LogP contribution in [0.2, 0.25) is 0 Å². The number of aryl methyl sites for hydroxylation is 1. The third kappa shape index (κ3) is 2.51. The molecule has 1 rings (SSSR count). The highest BCUT2D eigenvalue weighted by molar-refractivity contribution is 4.73. The molecule has 56 valence electrons. The number of allylic oxidation sites excluding steroid dienone is 1. The zero-order chi connectivity index (χ0) is 6.69. The van der Waals surface area contributed by atoms with Gasteiger partial charge in [0.05, 0.1) is 7.05 Å². The van der Waals surface area contributed by atoms with Crippen LogP contribution in [0.15, 0.2) is 31.4 Å². The van der Waals surface area contributed by atoms with Crippen molar-refractivity contribution in [2.45, 2.75) is 6.54 Å². The highest BCUT2D eigenvalue weighted by atomic mass is 127. The van der Waals surface area contributed by atoms with Gasteiger partial charge in [0.15, 0.2) is 0 Å². The summed E-state index contributed by atoms with van der Waals surface area (Å²) in [6.07, 6.45) is 7.91. The van der Waals surface area contributed by atoms with Crippen LogP contribution in [0.4, 0.5) is 0 Å². The van der Waals surface area contributed by atoms with Gasteiger partial charge in [-0.25, -0.2) is 9.13 Å². The van der Waals surface area contributed by atoms with E-state index in [1.54, 1.807) is 0 Å². The second-order valence-corrected chi connectivity index (χ2v) is 2.06. The molecule has 2 nitrogen and oxygen atoms in total. The summed E-state index contributed by atoms with van der Waals surface area (Å²) >= 11 is 0. The molecule has 0 aliphatic heterocycles. The minimum atomic E-state index is 0. The molecule has 3 heteroatoms. The summed E-state index contributed by atoms with van der Waals surface area (Å²) in [7, 11) is 2.00. The summed E-state index contributed by atoms with van der Waals surface area (Å²) in [5.41, 5.74) is 0. The fraction of sp³-hybridized carbons (Fsp3) is 0.286. The average Bonchev–Trinajstić information content (AvgIpc) is 2.17. The molecule has 1 heterocycles. The molecular weight excluding hydrogens is 239 g/mol. The predicted octanol–water partition coefficient (Wildman–Crippen LogP) is -2.50. The Labute approximate surface area is 78.2 Å². The molecule has 0 unspecified atom stereocenters. The lowest BCUT2D eigenvalue weighted by atomic mass is 10.6. The minimum absolute atomic E-state index is 0. The molecule has 0 saturated carbocycles. The number of nitrogens with zero attached hydrogens (tertiary/aromatic N) is 2. The van der Waals surface area contributed by atoms with Gasteiger partial charge in [-0.05, 0) is 0 Å². The lowest BCUT2D eigenvalue weighted by Gasteiger charge is -1.83. The Bertz CT molecular complexity index is 205. The lowest BCUT2D eigenvalue weighted by molar-refractivity contribution is -0.671. The first-order chi connectivity index (χ1) is 4.33. The van der Waals surface area contributed by atoms with E-state index in [0.717, 1.165) is 6.54 Å².